The highest BCUT2D eigenvalue weighted by Crippen LogP contribution is 2.29. The van der Waals surface area contributed by atoms with Crippen LogP contribution in [0.4, 0.5) is 11.4 Å². The lowest BCUT2D eigenvalue weighted by atomic mass is 10.0. The molecule has 228 valence electrons. The van der Waals surface area contributed by atoms with Crippen LogP contribution in [0.3, 0.4) is 0 Å². The number of carbonyl (C=O) groups is 1. The third kappa shape index (κ3) is 9.94. The first-order valence-corrected chi connectivity index (χ1v) is 14.5. The average molecular weight is 607 g/mol. The Balaban J connectivity index is 0.000000205. The second kappa shape index (κ2) is 17.8. The molecule has 5 rings (SSSR count). The van der Waals surface area contributed by atoms with E-state index in [-0.39, 0.29) is 6.61 Å². The van der Waals surface area contributed by atoms with E-state index in [4.69, 9.17) is 22.2 Å². The number of hydrogen-bond donors (Lipinski definition) is 1. The number of aliphatic hydroxyl groups excluding tert-OH is 1. The number of anilines is 2. The molecular weight excluding hydrogens is 572 g/mol. The number of likely N-dealkylation sites (N-methyl/N-ethyl adjacent to an activating group) is 2. The van der Waals surface area contributed by atoms with Crippen LogP contribution in [0.2, 0.25) is 0 Å². The van der Waals surface area contributed by atoms with E-state index in [0.29, 0.717) is 35.4 Å². The maximum atomic E-state index is 10.4. The number of aldehydes is 1. The first-order chi connectivity index (χ1) is 22.3. The van der Waals surface area contributed by atoms with Crippen LogP contribution >= 0.6 is 0 Å². The van der Waals surface area contributed by atoms with Crippen LogP contribution in [0.15, 0.2) is 91.0 Å². The minimum Gasteiger partial charge on any atom is -0.395 e. The summed E-state index contributed by atoms with van der Waals surface area (Å²) in [6, 6.07) is 34.1. The fourth-order valence-electron chi connectivity index (χ4n) is 4.61. The third-order valence-electron chi connectivity index (χ3n) is 7.24. The molecule has 1 aliphatic rings. The molecule has 0 bridgehead atoms. The van der Waals surface area contributed by atoms with Gasteiger partial charge in [0.25, 0.3) is 0 Å². The molecule has 0 amide bonds. The van der Waals surface area contributed by atoms with Gasteiger partial charge >= 0.3 is 0 Å². The molecule has 0 atom stereocenters. The monoisotopic (exact) mass is 606 g/mol. The van der Waals surface area contributed by atoms with Crippen molar-refractivity contribution in [2.75, 3.05) is 43.6 Å². The molecule has 1 N–H and O–H groups in total. The van der Waals surface area contributed by atoms with E-state index in [0.717, 1.165) is 41.6 Å². The maximum absolute atomic E-state index is 10.4. The Morgan fingerprint density at radius 1 is 0.935 bits per heavy atom. The lowest BCUT2D eigenvalue weighted by molar-refractivity contribution is 0.112. The molecule has 0 saturated carbocycles. The highest BCUT2D eigenvalue weighted by atomic mass is 16.3. The van der Waals surface area contributed by atoms with E-state index in [1.165, 1.54) is 11.3 Å². The number of hydrogen-bond acceptors (Lipinski definition) is 7. The fourth-order valence-corrected chi connectivity index (χ4v) is 4.61. The molecule has 0 aliphatic carbocycles. The number of rotatable bonds is 7. The zero-order valence-electron chi connectivity index (χ0n) is 25.9. The molecule has 4 aromatic carbocycles. The van der Waals surface area contributed by atoms with E-state index in [1.807, 2.05) is 54.4 Å². The first kappa shape index (κ1) is 34.3. The number of nitriles is 3. The fraction of sp³-hybridized carbons (Fsp3) is 0.184. The van der Waals surface area contributed by atoms with Gasteiger partial charge in [-0.05, 0) is 89.9 Å². The van der Waals surface area contributed by atoms with Crippen molar-refractivity contribution in [3.8, 4) is 18.2 Å². The summed E-state index contributed by atoms with van der Waals surface area (Å²) < 4.78 is 0. The topological polar surface area (TPSA) is 120 Å². The summed E-state index contributed by atoms with van der Waals surface area (Å²) in [6.45, 7) is 8.77. The molecule has 1 aliphatic heterocycles. The third-order valence-corrected chi connectivity index (χ3v) is 7.24. The standard InChI is InChI=1S/C19H15N3.C10H13NO2.C9H6N2/c1-22-9-8-17-10-15(4-7-19(17)22)11-18(13-21)16-5-2-14(12-20)3-6-16;1-11(6-7-12)10-4-2-9(8-13)3-5-10;1-11-7-9-4-2-8(6-10)3-5-9/h2-7,10-11H,8-9H2,1H3;2-5,8,12H,6-7H2,1H3;2-5H,7H2/b18-11+;;. The Bertz CT molecular complexity index is 1800. The number of allylic oxidation sites excluding steroid dienone is 1. The van der Waals surface area contributed by atoms with Gasteiger partial charge in [0.2, 0.25) is 6.54 Å². The predicted octanol–water partition coefficient (Wildman–Crippen LogP) is 6.52. The highest BCUT2D eigenvalue weighted by Gasteiger charge is 2.15. The van der Waals surface area contributed by atoms with Gasteiger partial charge in [0, 0.05) is 49.7 Å². The second-order valence-electron chi connectivity index (χ2n) is 10.4. The average Bonchev–Trinajstić information content (AvgIpc) is 3.48. The van der Waals surface area contributed by atoms with Crippen molar-refractivity contribution in [1.82, 2.24) is 0 Å². The van der Waals surface area contributed by atoms with Crippen LogP contribution < -0.4 is 9.80 Å². The van der Waals surface area contributed by atoms with Gasteiger partial charge in [0.1, 0.15) is 6.29 Å². The molecule has 46 heavy (non-hydrogen) atoms. The smallest absolute Gasteiger partial charge is 0.239 e. The summed E-state index contributed by atoms with van der Waals surface area (Å²) in [7, 11) is 3.99. The SMILES string of the molecule is CN(CCO)c1ccc(C=O)cc1.CN1CCc2cc(/C=C(\C#N)c3ccc(C#N)cc3)ccc21.[C-]#[N+]Cc1ccc(C#N)cc1. The van der Waals surface area contributed by atoms with E-state index in [1.54, 1.807) is 48.5 Å². The zero-order valence-corrected chi connectivity index (χ0v) is 25.9. The maximum Gasteiger partial charge on any atom is 0.239 e. The van der Waals surface area contributed by atoms with E-state index >= 15 is 0 Å². The number of aliphatic hydroxyl groups is 1. The minimum atomic E-state index is 0.131. The molecular formula is C38H34N6O2. The summed E-state index contributed by atoms with van der Waals surface area (Å²) >= 11 is 0. The number of nitrogens with zero attached hydrogens (tertiary/aromatic N) is 6. The second-order valence-corrected chi connectivity index (χ2v) is 10.4. The van der Waals surface area contributed by atoms with Crippen molar-refractivity contribution in [3.05, 3.63) is 141 Å². The molecule has 0 aromatic heterocycles. The summed E-state index contributed by atoms with van der Waals surface area (Å²) in [5.74, 6) is 0. The molecule has 8 nitrogen and oxygen atoms in total. The summed E-state index contributed by atoms with van der Waals surface area (Å²) in [5.41, 5.74) is 8.94. The highest BCUT2D eigenvalue weighted by molar-refractivity contribution is 5.90. The molecule has 4 aromatic rings. The molecule has 0 saturated heterocycles. The van der Waals surface area contributed by atoms with E-state index in [9.17, 15) is 10.1 Å². The van der Waals surface area contributed by atoms with Crippen molar-refractivity contribution in [2.24, 2.45) is 0 Å². The quantitative estimate of drug-likeness (QED) is 0.110. The zero-order chi connectivity index (χ0) is 33.3. The summed E-state index contributed by atoms with van der Waals surface area (Å²) in [6.07, 6.45) is 3.77. The van der Waals surface area contributed by atoms with E-state index < -0.39 is 0 Å². The lowest BCUT2D eigenvalue weighted by Crippen LogP contribution is -2.20. The van der Waals surface area contributed by atoms with Crippen molar-refractivity contribution in [2.45, 2.75) is 13.0 Å². The summed E-state index contributed by atoms with van der Waals surface area (Å²) in [4.78, 5) is 17.8. The van der Waals surface area contributed by atoms with Crippen LogP contribution in [0.1, 0.15) is 43.7 Å². The number of fused-ring (bicyclic) bond motifs is 1. The van der Waals surface area contributed by atoms with Gasteiger partial charge in [0.15, 0.2) is 0 Å². The van der Waals surface area contributed by atoms with Crippen LogP contribution in [0, 0.1) is 40.6 Å². The van der Waals surface area contributed by atoms with Gasteiger partial charge in [-0.3, -0.25) is 4.79 Å². The Labute approximate surface area is 270 Å². The van der Waals surface area contributed by atoms with Crippen molar-refractivity contribution >= 4 is 29.3 Å². The first-order valence-electron chi connectivity index (χ1n) is 14.5. The molecule has 0 radical (unpaired) electrons. The van der Waals surface area contributed by atoms with Gasteiger partial charge in [0.05, 0.1) is 41.5 Å². The Hall–Kier alpha value is -6.19. The van der Waals surface area contributed by atoms with Crippen LogP contribution in [0.25, 0.3) is 16.5 Å². The van der Waals surface area contributed by atoms with Crippen LogP contribution in [-0.2, 0) is 13.0 Å². The van der Waals surface area contributed by atoms with Crippen molar-refractivity contribution in [3.63, 3.8) is 0 Å². The largest absolute Gasteiger partial charge is 0.395 e. The molecule has 8 heteroatoms. The number of carbonyl (C=O) groups excluding carboxylic acids is 1. The number of benzene rings is 4. The van der Waals surface area contributed by atoms with Crippen LogP contribution in [0.5, 0.6) is 0 Å². The van der Waals surface area contributed by atoms with Gasteiger partial charge in [-0.2, -0.15) is 15.8 Å². The van der Waals surface area contributed by atoms with Gasteiger partial charge in [-0.25, -0.2) is 6.57 Å². The Kier molecular flexibility index (Phi) is 13.3. The van der Waals surface area contributed by atoms with Gasteiger partial charge in [-0.1, -0.05) is 30.3 Å². The van der Waals surface area contributed by atoms with E-state index in [2.05, 4.69) is 41.1 Å². The minimum absolute atomic E-state index is 0.131. The molecule has 0 spiro atoms. The van der Waals surface area contributed by atoms with Crippen molar-refractivity contribution in [1.29, 1.82) is 15.8 Å². The van der Waals surface area contributed by atoms with Gasteiger partial charge < -0.3 is 19.8 Å². The predicted molar refractivity (Wildman–Crippen MR) is 182 cm³/mol. The molecule has 0 fully saturated rings. The Morgan fingerprint density at radius 2 is 1.54 bits per heavy atom. The normalized spacial score (nSPS) is 11.1. The van der Waals surface area contributed by atoms with Crippen LogP contribution in [-0.4, -0.2) is 45.2 Å². The molecule has 0 unspecified atom stereocenters. The van der Waals surface area contributed by atoms with Crippen molar-refractivity contribution < 1.29 is 9.90 Å². The van der Waals surface area contributed by atoms with Gasteiger partial charge in [-0.15, -0.1) is 0 Å². The summed E-state index contributed by atoms with van der Waals surface area (Å²) in [5, 5.41) is 35.4. The Morgan fingerprint density at radius 3 is 2.09 bits per heavy atom. The molecule has 1 heterocycles. The lowest BCUT2D eigenvalue weighted by Gasteiger charge is -2.17.